The lowest BCUT2D eigenvalue weighted by molar-refractivity contribution is 0.380. The number of hydrogen-bond acceptors (Lipinski definition) is 4. The van der Waals surface area contributed by atoms with Crippen LogP contribution in [0.5, 0.6) is 5.88 Å². The molecule has 0 N–H and O–H groups in total. The van der Waals surface area contributed by atoms with Crippen LogP contribution < -0.4 is 4.74 Å². The molecule has 0 saturated heterocycles. The van der Waals surface area contributed by atoms with Crippen molar-refractivity contribution in [2.45, 2.75) is 31.1 Å². The van der Waals surface area contributed by atoms with Gasteiger partial charge in [0.1, 0.15) is 6.33 Å². The summed E-state index contributed by atoms with van der Waals surface area (Å²) in [7, 11) is 1.69. The standard InChI is InChI=1S/C11H12N4O/c1-16-11-9-7-3-2-6(4-7)8(9)10-13-12-5-15(10)14-11/h5-7H,2-4H2,1H3. The van der Waals surface area contributed by atoms with E-state index in [2.05, 4.69) is 15.3 Å². The van der Waals surface area contributed by atoms with Crippen LogP contribution in [0, 0.1) is 0 Å². The molecule has 5 heteroatoms. The fourth-order valence-corrected chi connectivity index (χ4v) is 3.32. The molecule has 2 aromatic rings. The molecule has 2 unspecified atom stereocenters. The highest BCUT2D eigenvalue weighted by molar-refractivity contribution is 5.60. The molecule has 0 spiro atoms. The summed E-state index contributed by atoms with van der Waals surface area (Å²) in [4.78, 5) is 0. The molecule has 4 rings (SSSR count). The van der Waals surface area contributed by atoms with Gasteiger partial charge in [-0.05, 0) is 31.1 Å². The number of methoxy groups -OCH3 is 1. The summed E-state index contributed by atoms with van der Waals surface area (Å²) >= 11 is 0. The van der Waals surface area contributed by atoms with Crippen molar-refractivity contribution in [2.24, 2.45) is 0 Å². The minimum atomic E-state index is 0.629. The lowest BCUT2D eigenvalue weighted by Gasteiger charge is -2.17. The predicted octanol–water partition coefficient (Wildman–Crippen LogP) is 1.50. The van der Waals surface area contributed by atoms with Crippen molar-refractivity contribution in [3.05, 3.63) is 17.5 Å². The maximum absolute atomic E-state index is 5.40. The van der Waals surface area contributed by atoms with Gasteiger partial charge >= 0.3 is 0 Å². The quantitative estimate of drug-likeness (QED) is 0.724. The maximum atomic E-state index is 5.40. The minimum absolute atomic E-state index is 0.629. The highest BCUT2D eigenvalue weighted by Crippen LogP contribution is 2.56. The highest BCUT2D eigenvalue weighted by Gasteiger charge is 2.42. The molecule has 2 aliphatic rings. The number of rotatable bonds is 1. The molecule has 2 aliphatic carbocycles. The van der Waals surface area contributed by atoms with Gasteiger partial charge in [0.25, 0.3) is 0 Å². The van der Waals surface area contributed by atoms with Crippen LogP contribution in [0.4, 0.5) is 0 Å². The van der Waals surface area contributed by atoms with Gasteiger partial charge in [-0.1, -0.05) is 0 Å². The van der Waals surface area contributed by atoms with E-state index in [1.807, 2.05) is 0 Å². The molecule has 0 aromatic carbocycles. The van der Waals surface area contributed by atoms with E-state index in [9.17, 15) is 0 Å². The summed E-state index contributed by atoms with van der Waals surface area (Å²) in [6.07, 6.45) is 5.41. The van der Waals surface area contributed by atoms with Crippen molar-refractivity contribution in [1.82, 2.24) is 19.8 Å². The van der Waals surface area contributed by atoms with Gasteiger partial charge in [-0.3, -0.25) is 0 Å². The Morgan fingerprint density at radius 2 is 2.12 bits per heavy atom. The third-order valence-electron chi connectivity index (χ3n) is 3.93. The molecule has 82 valence electrons. The first-order chi connectivity index (χ1) is 7.88. The third kappa shape index (κ3) is 0.847. The number of ether oxygens (including phenoxy) is 1. The summed E-state index contributed by atoms with van der Waals surface area (Å²) in [5.41, 5.74) is 3.54. The number of nitrogens with zero attached hydrogens (tertiary/aromatic N) is 4. The molecule has 0 amide bonds. The van der Waals surface area contributed by atoms with Crippen LogP contribution in [0.1, 0.15) is 42.2 Å². The molecule has 1 fully saturated rings. The van der Waals surface area contributed by atoms with Crippen LogP contribution in [0.2, 0.25) is 0 Å². The Bertz CT molecular complexity index is 577. The maximum Gasteiger partial charge on any atom is 0.235 e. The molecule has 5 nitrogen and oxygen atoms in total. The first-order valence-electron chi connectivity index (χ1n) is 5.66. The van der Waals surface area contributed by atoms with Crippen molar-refractivity contribution < 1.29 is 4.74 Å². The van der Waals surface area contributed by atoms with Crippen LogP contribution in [0.15, 0.2) is 6.33 Å². The van der Waals surface area contributed by atoms with Crippen molar-refractivity contribution >= 4 is 5.65 Å². The second kappa shape index (κ2) is 2.72. The number of hydrogen-bond donors (Lipinski definition) is 0. The Labute approximate surface area is 92.4 Å². The Kier molecular flexibility index (Phi) is 1.45. The van der Waals surface area contributed by atoms with Crippen molar-refractivity contribution in [1.29, 1.82) is 0 Å². The van der Waals surface area contributed by atoms with Gasteiger partial charge in [-0.15, -0.1) is 15.3 Å². The van der Waals surface area contributed by atoms with E-state index in [0.717, 1.165) is 11.5 Å². The molecule has 2 heterocycles. The SMILES string of the molecule is COc1nn2cnnc2c2c1C1CCC2C1. The summed E-state index contributed by atoms with van der Waals surface area (Å²) in [6, 6.07) is 0. The van der Waals surface area contributed by atoms with Crippen LogP contribution in [-0.2, 0) is 0 Å². The smallest absolute Gasteiger partial charge is 0.235 e. The average molecular weight is 216 g/mol. The van der Waals surface area contributed by atoms with E-state index in [4.69, 9.17) is 4.74 Å². The van der Waals surface area contributed by atoms with Crippen molar-refractivity contribution in [3.8, 4) is 5.88 Å². The van der Waals surface area contributed by atoms with Crippen molar-refractivity contribution in [2.75, 3.05) is 7.11 Å². The fourth-order valence-electron chi connectivity index (χ4n) is 3.32. The average Bonchev–Trinajstić information content (AvgIpc) is 3.01. The second-order valence-electron chi connectivity index (χ2n) is 4.64. The molecular formula is C11H12N4O. The van der Waals surface area contributed by atoms with Gasteiger partial charge in [-0.25, -0.2) is 0 Å². The normalized spacial score (nSPS) is 26.3. The van der Waals surface area contributed by atoms with E-state index in [0.29, 0.717) is 11.8 Å². The molecule has 1 saturated carbocycles. The Morgan fingerprint density at radius 3 is 2.94 bits per heavy atom. The zero-order chi connectivity index (χ0) is 10.7. The monoisotopic (exact) mass is 216 g/mol. The van der Waals surface area contributed by atoms with Crippen LogP contribution >= 0.6 is 0 Å². The van der Waals surface area contributed by atoms with Gasteiger partial charge < -0.3 is 4.74 Å². The topological polar surface area (TPSA) is 52.3 Å². The zero-order valence-corrected chi connectivity index (χ0v) is 9.05. The summed E-state index contributed by atoms with van der Waals surface area (Å²) in [5.74, 6) is 2.03. The number of fused-ring (bicyclic) bond motifs is 7. The first-order valence-corrected chi connectivity index (χ1v) is 5.66. The van der Waals surface area contributed by atoms with Crippen LogP contribution in [0.25, 0.3) is 5.65 Å². The molecule has 2 atom stereocenters. The van der Waals surface area contributed by atoms with Gasteiger partial charge in [-0.2, -0.15) is 4.52 Å². The Balaban J connectivity index is 2.13. The van der Waals surface area contributed by atoms with Crippen LogP contribution in [0.3, 0.4) is 0 Å². The van der Waals surface area contributed by atoms with E-state index in [1.54, 1.807) is 18.0 Å². The zero-order valence-electron chi connectivity index (χ0n) is 9.05. The Hall–Kier alpha value is -1.65. The van der Waals surface area contributed by atoms with E-state index < -0.39 is 0 Å². The highest BCUT2D eigenvalue weighted by atomic mass is 16.5. The third-order valence-corrected chi connectivity index (χ3v) is 3.93. The summed E-state index contributed by atoms with van der Waals surface area (Å²) in [6.45, 7) is 0. The lowest BCUT2D eigenvalue weighted by Crippen LogP contribution is -2.07. The molecular weight excluding hydrogens is 204 g/mol. The van der Waals surface area contributed by atoms with Gasteiger partial charge in [0.05, 0.1) is 7.11 Å². The fraction of sp³-hybridized carbons (Fsp3) is 0.545. The second-order valence-corrected chi connectivity index (χ2v) is 4.64. The lowest BCUT2D eigenvalue weighted by atomic mass is 9.93. The van der Waals surface area contributed by atoms with E-state index in [1.165, 1.54) is 30.4 Å². The number of aromatic nitrogens is 4. The minimum Gasteiger partial charge on any atom is -0.480 e. The molecule has 2 aromatic heterocycles. The first kappa shape index (κ1) is 8.50. The van der Waals surface area contributed by atoms with Crippen LogP contribution in [-0.4, -0.2) is 26.9 Å². The Morgan fingerprint density at radius 1 is 1.31 bits per heavy atom. The summed E-state index contributed by atoms with van der Waals surface area (Å²) in [5, 5.41) is 12.5. The molecule has 0 radical (unpaired) electrons. The molecule has 16 heavy (non-hydrogen) atoms. The molecule has 0 aliphatic heterocycles. The van der Waals surface area contributed by atoms with E-state index in [-0.39, 0.29) is 0 Å². The van der Waals surface area contributed by atoms with Gasteiger partial charge in [0.2, 0.25) is 5.88 Å². The van der Waals surface area contributed by atoms with Gasteiger partial charge in [0, 0.05) is 11.1 Å². The molecule has 2 bridgehead atoms. The largest absolute Gasteiger partial charge is 0.480 e. The van der Waals surface area contributed by atoms with Gasteiger partial charge in [0.15, 0.2) is 5.65 Å². The van der Waals surface area contributed by atoms with E-state index >= 15 is 0 Å². The predicted molar refractivity (Wildman–Crippen MR) is 56.7 cm³/mol. The summed E-state index contributed by atoms with van der Waals surface area (Å²) < 4.78 is 7.13. The van der Waals surface area contributed by atoms with Crippen molar-refractivity contribution in [3.63, 3.8) is 0 Å².